The van der Waals surface area contributed by atoms with Gasteiger partial charge < -0.3 is 4.74 Å². The summed E-state index contributed by atoms with van der Waals surface area (Å²) in [5.74, 6) is 0. The molecule has 1 aromatic carbocycles. The Morgan fingerprint density at radius 3 is 2.29 bits per heavy atom. The van der Waals surface area contributed by atoms with Gasteiger partial charge in [-0.15, -0.1) is 0 Å². The molecule has 0 aliphatic carbocycles. The first-order valence-electron chi connectivity index (χ1n) is 6.07. The summed E-state index contributed by atoms with van der Waals surface area (Å²) >= 11 is 0. The van der Waals surface area contributed by atoms with Crippen molar-refractivity contribution in [1.82, 2.24) is 5.06 Å². The van der Waals surface area contributed by atoms with Gasteiger partial charge >= 0.3 is 0 Å². The monoisotopic (exact) mass is 237 g/mol. The second-order valence-corrected chi connectivity index (χ2v) is 4.33. The number of benzene rings is 1. The largest absolute Gasteiger partial charge is 0.361 e. The van der Waals surface area contributed by atoms with E-state index in [1.54, 1.807) is 14.2 Å². The highest BCUT2D eigenvalue weighted by Gasteiger charge is 2.31. The molecule has 0 fully saturated rings. The zero-order chi connectivity index (χ0) is 12.7. The van der Waals surface area contributed by atoms with Crippen LogP contribution in [0.15, 0.2) is 30.3 Å². The lowest BCUT2D eigenvalue weighted by Crippen LogP contribution is -2.49. The van der Waals surface area contributed by atoms with Gasteiger partial charge in [0.1, 0.15) is 5.72 Å². The molecule has 0 spiro atoms. The Bertz CT molecular complexity index is 315. The number of ether oxygens (including phenoxy) is 1. The summed E-state index contributed by atoms with van der Waals surface area (Å²) in [5, 5.41) is 1.90. The summed E-state index contributed by atoms with van der Waals surface area (Å²) in [4.78, 5) is 5.43. The molecular weight excluding hydrogens is 214 g/mol. The van der Waals surface area contributed by atoms with Crippen LogP contribution in [0.4, 0.5) is 0 Å². The number of nitrogens with zero attached hydrogens (tertiary/aromatic N) is 1. The van der Waals surface area contributed by atoms with Crippen molar-refractivity contribution in [3.05, 3.63) is 35.9 Å². The molecule has 0 saturated carbocycles. The van der Waals surface area contributed by atoms with Crippen LogP contribution in [-0.4, -0.2) is 31.6 Å². The Labute approximate surface area is 104 Å². The van der Waals surface area contributed by atoms with Gasteiger partial charge in [0, 0.05) is 20.1 Å². The van der Waals surface area contributed by atoms with Crippen LogP contribution < -0.4 is 0 Å². The van der Waals surface area contributed by atoms with Gasteiger partial charge in [0.25, 0.3) is 0 Å². The lowest BCUT2D eigenvalue weighted by molar-refractivity contribution is -0.281. The molecular formula is C14H23NO2. The van der Waals surface area contributed by atoms with Gasteiger partial charge in [-0.1, -0.05) is 37.3 Å². The minimum atomic E-state index is -0.424. The zero-order valence-electron chi connectivity index (χ0n) is 11.3. The van der Waals surface area contributed by atoms with Gasteiger partial charge in [-0.05, 0) is 18.9 Å². The highest BCUT2D eigenvalue weighted by molar-refractivity contribution is 5.16. The van der Waals surface area contributed by atoms with E-state index in [2.05, 4.69) is 26.0 Å². The number of hydroxylamine groups is 2. The summed E-state index contributed by atoms with van der Waals surface area (Å²) in [5.41, 5.74) is 0.821. The van der Waals surface area contributed by atoms with Gasteiger partial charge in [-0.2, -0.15) is 5.06 Å². The fourth-order valence-electron chi connectivity index (χ4n) is 1.96. The topological polar surface area (TPSA) is 21.7 Å². The molecule has 0 saturated heterocycles. The molecule has 96 valence electrons. The van der Waals surface area contributed by atoms with E-state index in [0.717, 1.165) is 19.4 Å². The van der Waals surface area contributed by atoms with E-state index in [1.165, 1.54) is 5.56 Å². The zero-order valence-corrected chi connectivity index (χ0v) is 11.3. The third kappa shape index (κ3) is 3.80. The minimum Gasteiger partial charge on any atom is -0.361 e. The molecule has 0 aromatic heterocycles. The van der Waals surface area contributed by atoms with E-state index in [1.807, 2.05) is 23.3 Å². The Kier molecular flexibility index (Phi) is 5.62. The highest BCUT2D eigenvalue weighted by Crippen LogP contribution is 2.22. The molecule has 0 heterocycles. The molecule has 1 aromatic rings. The van der Waals surface area contributed by atoms with Crippen molar-refractivity contribution < 1.29 is 9.57 Å². The van der Waals surface area contributed by atoms with Gasteiger partial charge in [-0.25, -0.2) is 0 Å². The average molecular weight is 237 g/mol. The second kappa shape index (κ2) is 6.74. The number of hydrogen-bond donors (Lipinski definition) is 0. The average Bonchev–Trinajstić information content (AvgIpc) is 2.37. The number of rotatable bonds is 7. The van der Waals surface area contributed by atoms with E-state index in [4.69, 9.17) is 9.57 Å². The van der Waals surface area contributed by atoms with Crippen molar-refractivity contribution in [2.75, 3.05) is 20.8 Å². The molecule has 0 aliphatic heterocycles. The van der Waals surface area contributed by atoms with Crippen molar-refractivity contribution in [2.24, 2.45) is 0 Å². The van der Waals surface area contributed by atoms with E-state index < -0.39 is 5.72 Å². The lowest BCUT2D eigenvalue weighted by atomic mass is 10.0. The molecule has 1 atom stereocenters. The minimum absolute atomic E-state index is 0.424. The second-order valence-electron chi connectivity index (χ2n) is 4.33. The summed E-state index contributed by atoms with van der Waals surface area (Å²) in [6, 6.07) is 10.3. The summed E-state index contributed by atoms with van der Waals surface area (Å²) in [6.07, 6.45) is 1.83. The molecule has 0 aliphatic rings. The van der Waals surface area contributed by atoms with Crippen LogP contribution in [0.2, 0.25) is 0 Å². The highest BCUT2D eigenvalue weighted by atomic mass is 16.7. The maximum absolute atomic E-state index is 5.65. The third-order valence-corrected chi connectivity index (χ3v) is 2.99. The standard InChI is InChI=1S/C14H23NO2/c1-5-11-15(17-4)14(2,16-3)12-13-9-7-6-8-10-13/h6-10H,5,11-12H2,1-4H3. The Morgan fingerprint density at radius 2 is 1.82 bits per heavy atom. The first-order valence-corrected chi connectivity index (χ1v) is 6.07. The van der Waals surface area contributed by atoms with Crippen LogP contribution in [0, 0.1) is 0 Å². The maximum Gasteiger partial charge on any atom is 0.144 e. The third-order valence-electron chi connectivity index (χ3n) is 2.99. The molecule has 1 rings (SSSR count). The predicted octanol–water partition coefficient (Wildman–Crippen LogP) is 2.87. The molecule has 3 nitrogen and oxygen atoms in total. The fraction of sp³-hybridized carbons (Fsp3) is 0.571. The van der Waals surface area contributed by atoms with Crippen molar-refractivity contribution in [3.63, 3.8) is 0 Å². The van der Waals surface area contributed by atoms with E-state index >= 15 is 0 Å². The molecule has 0 radical (unpaired) electrons. The van der Waals surface area contributed by atoms with Gasteiger partial charge in [0.05, 0.1) is 7.11 Å². The Hall–Kier alpha value is -0.900. The molecule has 0 amide bonds. The van der Waals surface area contributed by atoms with Gasteiger partial charge in [0.2, 0.25) is 0 Å². The Balaban J connectivity index is 2.80. The normalized spacial score (nSPS) is 14.9. The number of methoxy groups -OCH3 is 1. The summed E-state index contributed by atoms with van der Waals surface area (Å²) in [7, 11) is 3.42. The summed E-state index contributed by atoms with van der Waals surface area (Å²) in [6.45, 7) is 5.04. The lowest BCUT2D eigenvalue weighted by Gasteiger charge is -2.38. The van der Waals surface area contributed by atoms with Crippen LogP contribution in [-0.2, 0) is 16.0 Å². The number of hydrogen-bond acceptors (Lipinski definition) is 3. The molecule has 0 bridgehead atoms. The smallest absolute Gasteiger partial charge is 0.144 e. The quantitative estimate of drug-likeness (QED) is 0.537. The maximum atomic E-state index is 5.65. The van der Waals surface area contributed by atoms with Crippen LogP contribution in [0.5, 0.6) is 0 Å². The van der Waals surface area contributed by atoms with Crippen LogP contribution in [0.1, 0.15) is 25.8 Å². The van der Waals surface area contributed by atoms with Gasteiger partial charge in [-0.3, -0.25) is 4.84 Å². The van der Waals surface area contributed by atoms with Crippen molar-refractivity contribution >= 4 is 0 Å². The first-order chi connectivity index (χ1) is 8.16. The van der Waals surface area contributed by atoms with Crippen LogP contribution >= 0.6 is 0 Å². The SMILES string of the molecule is CCCN(OC)C(C)(Cc1ccccc1)OC. The fourth-order valence-corrected chi connectivity index (χ4v) is 1.96. The first kappa shape index (κ1) is 14.2. The van der Waals surface area contributed by atoms with E-state index in [9.17, 15) is 0 Å². The Morgan fingerprint density at radius 1 is 1.18 bits per heavy atom. The van der Waals surface area contributed by atoms with Crippen molar-refractivity contribution in [1.29, 1.82) is 0 Å². The molecule has 3 heteroatoms. The van der Waals surface area contributed by atoms with Crippen molar-refractivity contribution in [3.8, 4) is 0 Å². The van der Waals surface area contributed by atoms with Crippen LogP contribution in [0.25, 0.3) is 0 Å². The van der Waals surface area contributed by atoms with Crippen molar-refractivity contribution in [2.45, 2.75) is 32.4 Å². The van der Waals surface area contributed by atoms with Gasteiger partial charge in [0.15, 0.2) is 0 Å². The van der Waals surface area contributed by atoms with E-state index in [-0.39, 0.29) is 0 Å². The molecule has 17 heavy (non-hydrogen) atoms. The van der Waals surface area contributed by atoms with E-state index in [0.29, 0.717) is 0 Å². The molecule has 0 N–H and O–H groups in total. The van der Waals surface area contributed by atoms with Crippen LogP contribution in [0.3, 0.4) is 0 Å². The summed E-state index contributed by atoms with van der Waals surface area (Å²) < 4.78 is 5.65. The molecule has 1 unspecified atom stereocenters. The predicted molar refractivity (Wildman–Crippen MR) is 69.6 cm³/mol.